The highest BCUT2D eigenvalue weighted by Crippen LogP contribution is 2.11. The third-order valence-electron chi connectivity index (χ3n) is 1.23. The highest BCUT2D eigenvalue weighted by molar-refractivity contribution is 6.23. The van der Waals surface area contributed by atoms with Crippen LogP contribution in [0.2, 0.25) is 0 Å². The van der Waals surface area contributed by atoms with Crippen LogP contribution in [0, 0.1) is 11.8 Å². The van der Waals surface area contributed by atoms with Crippen LogP contribution < -0.4 is 0 Å². The molecule has 0 aromatic carbocycles. The van der Waals surface area contributed by atoms with Gasteiger partial charge in [-0.2, -0.15) is 0 Å². The van der Waals surface area contributed by atoms with E-state index in [-0.39, 0.29) is 0 Å². The van der Waals surface area contributed by atoms with E-state index in [2.05, 4.69) is 13.8 Å². The highest BCUT2D eigenvalue weighted by Gasteiger charge is 1.96. The molecule has 0 aliphatic heterocycles. The zero-order valence-corrected chi connectivity index (χ0v) is 6.41. The predicted molar refractivity (Wildman–Crippen MR) is 38.8 cm³/mol. The topological polar surface area (TPSA) is 0 Å². The number of hydrogen-bond acceptors (Lipinski definition) is 0. The summed E-state index contributed by atoms with van der Waals surface area (Å²) in [6.45, 7) is 4.34. The van der Waals surface area contributed by atoms with Crippen LogP contribution in [-0.4, -0.2) is 0 Å². The first-order valence-electron chi connectivity index (χ1n) is 3.24. The molecule has 0 aromatic heterocycles. The van der Waals surface area contributed by atoms with Crippen LogP contribution in [0.3, 0.4) is 0 Å². The molecule has 0 amide bonds. The molecule has 0 spiro atoms. The molecule has 8 heavy (non-hydrogen) atoms. The van der Waals surface area contributed by atoms with Crippen molar-refractivity contribution in [1.82, 2.24) is 0 Å². The second-order valence-electron chi connectivity index (χ2n) is 2.25. The number of unbranched alkanes of at least 4 members (excludes halogenated alkanes) is 1. The van der Waals surface area contributed by atoms with Crippen LogP contribution in [0.25, 0.3) is 0 Å². The van der Waals surface area contributed by atoms with Crippen molar-refractivity contribution in [3.05, 3.63) is 5.88 Å². The molecule has 0 nitrogen and oxygen atoms in total. The van der Waals surface area contributed by atoms with E-state index in [0.717, 1.165) is 0 Å². The van der Waals surface area contributed by atoms with Gasteiger partial charge in [0.1, 0.15) is 0 Å². The fourth-order valence-corrected chi connectivity index (χ4v) is 0.715. The molecule has 0 fully saturated rings. The average Bonchev–Trinajstić information content (AvgIpc) is 1.83. The maximum absolute atomic E-state index is 5.46. The van der Waals surface area contributed by atoms with Gasteiger partial charge in [0, 0.05) is 0 Å². The number of rotatable bonds is 4. The first kappa shape index (κ1) is 8.29. The van der Waals surface area contributed by atoms with Gasteiger partial charge in [-0.3, -0.25) is 0 Å². The van der Waals surface area contributed by atoms with Gasteiger partial charge < -0.3 is 0 Å². The molecule has 1 radical (unpaired) electrons. The van der Waals surface area contributed by atoms with Gasteiger partial charge >= 0.3 is 0 Å². The van der Waals surface area contributed by atoms with E-state index in [0.29, 0.717) is 5.92 Å². The third-order valence-corrected chi connectivity index (χ3v) is 1.66. The predicted octanol–water partition coefficient (Wildman–Crippen LogP) is 3.21. The standard InChI is InChI=1S/C7H14Cl/c1-3-4-5-7(2)6-8/h6-7H,3-5H2,1-2H3. The van der Waals surface area contributed by atoms with Crippen LogP contribution in [0.1, 0.15) is 33.1 Å². The zero-order valence-electron chi connectivity index (χ0n) is 5.65. The zero-order chi connectivity index (χ0) is 6.41. The SMILES string of the molecule is CCCCC(C)[CH]Cl. The van der Waals surface area contributed by atoms with Crippen molar-refractivity contribution in [1.29, 1.82) is 0 Å². The molecule has 1 atom stereocenters. The molecule has 0 aliphatic rings. The minimum absolute atomic E-state index is 0.594. The summed E-state index contributed by atoms with van der Waals surface area (Å²) < 4.78 is 0. The molecular formula is C7H14Cl. The van der Waals surface area contributed by atoms with Crippen molar-refractivity contribution >= 4 is 11.6 Å². The average molecular weight is 134 g/mol. The van der Waals surface area contributed by atoms with Crippen molar-refractivity contribution in [3.8, 4) is 0 Å². The van der Waals surface area contributed by atoms with E-state index in [4.69, 9.17) is 11.6 Å². The van der Waals surface area contributed by atoms with E-state index in [1.165, 1.54) is 19.3 Å². The summed E-state index contributed by atoms with van der Waals surface area (Å²) in [4.78, 5) is 0. The van der Waals surface area contributed by atoms with E-state index >= 15 is 0 Å². The Hall–Kier alpha value is 0.290. The largest absolute Gasteiger partial charge is 0.121 e. The molecule has 0 saturated heterocycles. The Balaban J connectivity index is 2.86. The van der Waals surface area contributed by atoms with Gasteiger partial charge in [-0.15, -0.1) is 11.6 Å². The van der Waals surface area contributed by atoms with E-state index in [9.17, 15) is 0 Å². The molecule has 0 N–H and O–H groups in total. The second-order valence-corrected chi connectivity index (χ2v) is 2.50. The van der Waals surface area contributed by atoms with E-state index in [1.54, 1.807) is 5.88 Å². The van der Waals surface area contributed by atoms with E-state index < -0.39 is 0 Å². The lowest BCUT2D eigenvalue weighted by atomic mass is 10.1. The van der Waals surface area contributed by atoms with Crippen molar-refractivity contribution in [2.75, 3.05) is 0 Å². The second kappa shape index (κ2) is 5.43. The van der Waals surface area contributed by atoms with Gasteiger partial charge in [-0.05, 0) is 12.3 Å². The van der Waals surface area contributed by atoms with Crippen molar-refractivity contribution in [3.63, 3.8) is 0 Å². The summed E-state index contributed by atoms with van der Waals surface area (Å²) in [7, 11) is 0. The highest BCUT2D eigenvalue weighted by atomic mass is 35.5. The molecule has 1 heteroatoms. The Morgan fingerprint density at radius 3 is 2.62 bits per heavy atom. The maximum Gasteiger partial charge on any atom is 0.0527 e. The normalized spacial score (nSPS) is 13.9. The van der Waals surface area contributed by atoms with Crippen molar-refractivity contribution in [2.24, 2.45) is 5.92 Å². The molecule has 0 aliphatic carbocycles. The summed E-state index contributed by atoms with van der Waals surface area (Å²) in [5, 5.41) is 0. The molecule has 0 heterocycles. The molecule has 0 rings (SSSR count). The van der Waals surface area contributed by atoms with Crippen LogP contribution >= 0.6 is 11.6 Å². The van der Waals surface area contributed by atoms with Crippen LogP contribution in [-0.2, 0) is 0 Å². The van der Waals surface area contributed by atoms with Crippen LogP contribution in [0.4, 0.5) is 0 Å². The minimum Gasteiger partial charge on any atom is -0.121 e. The summed E-state index contributed by atoms with van der Waals surface area (Å²) >= 11 is 5.46. The maximum atomic E-state index is 5.46. The molecule has 1 unspecified atom stereocenters. The quantitative estimate of drug-likeness (QED) is 0.553. The van der Waals surface area contributed by atoms with Gasteiger partial charge in [-0.1, -0.05) is 26.7 Å². The monoisotopic (exact) mass is 133 g/mol. The summed E-state index contributed by atoms with van der Waals surface area (Å²) in [6.07, 6.45) is 3.81. The van der Waals surface area contributed by atoms with Crippen molar-refractivity contribution in [2.45, 2.75) is 33.1 Å². The Morgan fingerprint density at radius 1 is 1.62 bits per heavy atom. The lowest BCUT2D eigenvalue weighted by Gasteiger charge is -2.02. The summed E-state index contributed by atoms with van der Waals surface area (Å²) in [5.74, 6) is 2.34. The Labute approximate surface area is 57.2 Å². The Bertz CT molecular complexity index is 43.7. The Kier molecular flexibility index (Phi) is 5.62. The van der Waals surface area contributed by atoms with Crippen LogP contribution in [0.5, 0.6) is 0 Å². The summed E-state index contributed by atoms with van der Waals surface area (Å²) in [5.41, 5.74) is 0. The third kappa shape index (κ3) is 4.45. The fourth-order valence-electron chi connectivity index (χ4n) is 0.589. The summed E-state index contributed by atoms with van der Waals surface area (Å²) in [6, 6.07) is 0. The molecule has 49 valence electrons. The van der Waals surface area contributed by atoms with Gasteiger partial charge in [0.2, 0.25) is 0 Å². The smallest absolute Gasteiger partial charge is 0.0527 e. The fraction of sp³-hybridized carbons (Fsp3) is 0.857. The molecule has 0 aromatic rings. The van der Waals surface area contributed by atoms with Gasteiger partial charge in [-0.25, -0.2) is 0 Å². The number of hydrogen-bond donors (Lipinski definition) is 0. The van der Waals surface area contributed by atoms with E-state index in [1.807, 2.05) is 0 Å². The molecule has 0 bridgehead atoms. The van der Waals surface area contributed by atoms with Crippen molar-refractivity contribution < 1.29 is 0 Å². The van der Waals surface area contributed by atoms with Gasteiger partial charge in [0.15, 0.2) is 0 Å². The lowest BCUT2D eigenvalue weighted by molar-refractivity contribution is 0.586. The lowest BCUT2D eigenvalue weighted by Crippen LogP contribution is -1.89. The minimum atomic E-state index is 0.594. The molecular weight excluding hydrogens is 120 g/mol. The van der Waals surface area contributed by atoms with Gasteiger partial charge in [0.05, 0.1) is 5.88 Å². The van der Waals surface area contributed by atoms with Crippen LogP contribution in [0.15, 0.2) is 0 Å². The first-order chi connectivity index (χ1) is 3.81. The molecule has 0 saturated carbocycles. The first-order valence-corrected chi connectivity index (χ1v) is 3.68. The van der Waals surface area contributed by atoms with Gasteiger partial charge in [0.25, 0.3) is 0 Å². The number of halogens is 1. The Morgan fingerprint density at radius 2 is 2.25 bits per heavy atom.